The number of furan rings is 1. The van der Waals surface area contributed by atoms with Gasteiger partial charge in [0.1, 0.15) is 17.1 Å². The van der Waals surface area contributed by atoms with Crippen LogP contribution in [0.1, 0.15) is 26.5 Å². The summed E-state index contributed by atoms with van der Waals surface area (Å²) in [6.45, 7) is 1.82. The number of aryl methyl sites for hydroxylation is 1. The van der Waals surface area contributed by atoms with Crippen LogP contribution in [-0.2, 0) is 0 Å². The van der Waals surface area contributed by atoms with Gasteiger partial charge >= 0.3 is 0 Å². The molecule has 146 valence electrons. The molecular formula is C21H22N2O5. The molecule has 1 aromatic heterocycles. The molecule has 0 aliphatic carbocycles. The second-order valence-corrected chi connectivity index (χ2v) is 6.49. The Morgan fingerprint density at radius 3 is 2.43 bits per heavy atom. The summed E-state index contributed by atoms with van der Waals surface area (Å²) in [5.74, 6) is 0.666. The molecule has 0 unspecified atom stereocenters. The Bertz CT molecular complexity index is 1050. The molecular weight excluding hydrogens is 360 g/mol. The van der Waals surface area contributed by atoms with Gasteiger partial charge in [0.05, 0.1) is 19.8 Å². The van der Waals surface area contributed by atoms with Crippen molar-refractivity contribution in [3.8, 4) is 11.5 Å². The van der Waals surface area contributed by atoms with Gasteiger partial charge in [0.2, 0.25) is 0 Å². The summed E-state index contributed by atoms with van der Waals surface area (Å²) in [7, 11) is 6.37. The smallest absolute Gasteiger partial charge is 0.291 e. The first-order valence-corrected chi connectivity index (χ1v) is 8.64. The number of amides is 2. The quantitative estimate of drug-likeness (QED) is 0.727. The molecule has 0 saturated carbocycles. The Hall–Kier alpha value is -3.48. The van der Waals surface area contributed by atoms with Gasteiger partial charge in [-0.25, -0.2) is 0 Å². The third kappa shape index (κ3) is 3.51. The van der Waals surface area contributed by atoms with Crippen LogP contribution in [0, 0.1) is 6.92 Å². The lowest BCUT2D eigenvalue weighted by Crippen LogP contribution is -2.22. The number of fused-ring (bicyclic) bond motifs is 1. The molecule has 0 atom stereocenters. The molecule has 1 N–H and O–H groups in total. The van der Waals surface area contributed by atoms with Crippen molar-refractivity contribution in [2.75, 3.05) is 33.6 Å². The van der Waals surface area contributed by atoms with E-state index in [1.54, 1.807) is 45.5 Å². The van der Waals surface area contributed by atoms with Gasteiger partial charge < -0.3 is 24.1 Å². The van der Waals surface area contributed by atoms with Crippen molar-refractivity contribution in [2.45, 2.75) is 6.92 Å². The summed E-state index contributed by atoms with van der Waals surface area (Å²) in [4.78, 5) is 26.6. The van der Waals surface area contributed by atoms with E-state index < -0.39 is 5.91 Å². The molecule has 0 fully saturated rings. The highest BCUT2D eigenvalue weighted by molar-refractivity contribution is 6.07. The number of rotatable bonds is 5. The topological polar surface area (TPSA) is 81.0 Å². The van der Waals surface area contributed by atoms with Crippen LogP contribution in [0.5, 0.6) is 11.5 Å². The fraction of sp³-hybridized carbons (Fsp3) is 0.238. The van der Waals surface area contributed by atoms with Crippen molar-refractivity contribution in [1.82, 2.24) is 4.90 Å². The van der Waals surface area contributed by atoms with Crippen molar-refractivity contribution in [3.05, 3.63) is 53.3 Å². The normalized spacial score (nSPS) is 10.6. The van der Waals surface area contributed by atoms with E-state index in [1.807, 2.05) is 19.1 Å². The standard InChI is InChI=1S/C21H22N2O5/c1-12-15-8-7-14(26-4)11-18(15)28-19(12)20(24)22-13-6-9-17(27-5)16(10-13)21(25)23(2)3/h6-11H,1-5H3,(H,22,24). The number of carbonyl (C=O) groups is 2. The minimum atomic E-state index is -0.402. The maximum Gasteiger partial charge on any atom is 0.291 e. The Labute approximate surface area is 162 Å². The minimum Gasteiger partial charge on any atom is -0.497 e. The molecule has 0 radical (unpaired) electrons. The summed E-state index contributed by atoms with van der Waals surface area (Å²) in [6, 6.07) is 10.3. The Morgan fingerprint density at radius 1 is 1.04 bits per heavy atom. The van der Waals surface area contributed by atoms with Crippen LogP contribution >= 0.6 is 0 Å². The fourth-order valence-corrected chi connectivity index (χ4v) is 2.93. The third-order valence-corrected chi connectivity index (χ3v) is 4.45. The average Bonchev–Trinajstić information content (AvgIpc) is 3.03. The van der Waals surface area contributed by atoms with E-state index in [1.165, 1.54) is 12.0 Å². The summed E-state index contributed by atoms with van der Waals surface area (Å²) in [6.07, 6.45) is 0. The lowest BCUT2D eigenvalue weighted by molar-refractivity contribution is 0.0824. The first-order valence-electron chi connectivity index (χ1n) is 8.64. The molecule has 0 aliphatic heterocycles. The van der Waals surface area contributed by atoms with Gasteiger partial charge in [0.15, 0.2) is 5.76 Å². The molecule has 0 saturated heterocycles. The van der Waals surface area contributed by atoms with Crippen molar-refractivity contribution in [3.63, 3.8) is 0 Å². The monoisotopic (exact) mass is 382 g/mol. The highest BCUT2D eigenvalue weighted by atomic mass is 16.5. The molecule has 1 heterocycles. The van der Waals surface area contributed by atoms with E-state index in [-0.39, 0.29) is 11.7 Å². The lowest BCUT2D eigenvalue weighted by atomic mass is 10.1. The van der Waals surface area contributed by atoms with Crippen LogP contribution in [0.2, 0.25) is 0 Å². The van der Waals surface area contributed by atoms with E-state index in [4.69, 9.17) is 13.9 Å². The first-order chi connectivity index (χ1) is 13.3. The van der Waals surface area contributed by atoms with Gasteiger partial charge in [-0.05, 0) is 37.3 Å². The van der Waals surface area contributed by atoms with Crippen molar-refractivity contribution in [2.24, 2.45) is 0 Å². The molecule has 2 aromatic carbocycles. The van der Waals surface area contributed by atoms with Crippen molar-refractivity contribution in [1.29, 1.82) is 0 Å². The largest absolute Gasteiger partial charge is 0.497 e. The van der Waals surface area contributed by atoms with Gasteiger partial charge in [0, 0.05) is 36.8 Å². The maximum absolute atomic E-state index is 12.8. The summed E-state index contributed by atoms with van der Waals surface area (Å²) < 4.78 is 16.2. The number of nitrogens with one attached hydrogen (secondary N) is 1. The number of benzene rings is 2. The zero-order valence-corrected chi connectivity index (χ0v) is 16.5. The fourth-order valence-electron chi connectivity index (χ4n) is 2.93. The van der Waals surface area contributed by atoms with E-state index >= 15 is 0 Å². The van der Waals surface area contributed by atoms with Crippen LogP contribution in [0.3, 0.4) is 0 Å². The highest BCUT2D eigenvalue weighted by Crippen LogP contribution is 2.30. The van der Waals surface area contributed by atoms with Crippen LogP contribution in [0.4, 0.5) is 5.69 Å². The molecule has 3 aromatic rings. The summed E-state index contributed by atoms with van der Waals surface area (Å²) >= 11 is 0. The zero-order valence-electron chi connectivity index (χ0n) is 16.5. The van der Waals surface area contributed by atoms with Crippen LogP contribution in [0.15, 0.2) is 40.8 Å². The van der Waals surface area contributed by atoms with Crippen molar-refractivity contribution < 1.29 is 23.5 Å². The highest BCUT2D eigenvalue weighted by Gasteiger charge is 2.20. The molecule has 0 bridgehead atoms. The number of nitrogens with zero attached hydrogens (tertiary/aromatic N) is 1. The molecule has 3 rings (SSSR count). The van der Waals surface area contributed by atoms with E-state index in [0.717, 1.165) is 10.9 Å². The SMILES string of the molecule is COc1ccc2c(C)c(C(=O)Nc3ccc(OC)c(C(=O)N(C)C)c3)oc2c1. The van der Waals surface area contributed by atoms with E-state index in [2.05, 4.69) is 5.32 Å². The average molecular weight is 382 g/mol. The number of anilines is 1. The van der Waals surface area contributed by atoms with Gasteiger partial charge in [-0.1, -0.05) is 0 Å². The first kappa shape index (κ1) is 19.3. The van der Waals surface area contributed by atoms with Gasteiger partial charge in [-0.3, -0.25) is 9.59 Å². The van der Waals surface area contributed by atoms with Gasteiger partial charge in [0.25, 0.3) is 11.8 Å². The zero-order chi connectivity index (χ0) is 20.4. The number of hydrogen-bond acceptors (Lipinski definition) is 5. The number of methoxy groups -OCH3 is 2. The van der Waals surface area contributed by atoms with Crippen LogP contribution in [0.25, 0.3) is 11.0 Å². The van der Waals surface area contributed by atoms with Crippen molar-refractivity contribution >= 4 is 28.5 Å². The number of carbonyl (C=O) groups excluding carboxylic acids is 2. The number of ether oxygens (including phenoxy) is 2. The predicted octanol–water partition coefficient (Wildman–Crippen LogP) is 3.71. The second kappa shape index (κ2) is 7.64. The maximum atomic E-state index is 12.8. The summed E-state index contributed by atoms with van der Waals surface area (Å²) in [5.41, 5.74) is 2.12. The number of hydrogen-bond donors (Lipinski definition) is 1. The Balaban J connectivity index is 1.93. The molecule has 7 nitrogen and oxygen atoms in total. The summed E-state index contributed by atoms with van der Waals surface area (Å²) in [5, 5.41) is 3.62. The molecule has 28 heavy (non-hydrogen) atoms. The van der Waals surface area contributed by atoms with E-state index in [9.17, 15) is 9.59 Å². The molecule has 7 heteroatoms. The predicted molar refractivity (Wildman–Crippen MR) is 106 cm³/mol. The Morgan fingerprint density at radius 2 is 1.79 bits per heavy atom. The van der Waals surface area contributed by atoms with E-state index in [0.29, 0.717) is 28.3 Å². The van der Waals surface area contributed by atoms with Crippen LogP contribution in [-0.4, -0.2) is 45.0 Å². The molecule has 0 spiro atoms. The second-order valence-electron chi connectivity index (χ2n) is 6.49. The Kier molecular flexibility index (Phi) is 5.26. The molecule has 0 aliphatic rings. The van der Waals surface area contributed by atoms with Gasteiger partial charge in [-0.2, -0.15) is 0 Å². The van der Waals surface area contributed by atoms with Crippen LogP contribution < -0.4 is 14.8 Å². The minimum absolute atomic E-state index is 0.208. The lowest BCUT2D eigenvalue weighted by Gasteiger charge is -2.15. The van der Waals surface area contributed by atoms with Gasteiger partial charge in [-0.15, -0.1) is 0 Å². The third-order valence-electron chi connectivity index (χ3n) is 4.45. The molecule has 2 amide bonds.